The maximum Gasteiger partial charge on any atom is 0.238 e. The van der Waals surface area contributed by atoms with Crippen LogP contribution in [0.2, 0.25) is 0 Å². The van der Waals surface area contributed by atoms with E-state index in [1.807, 2.05) is 24.3 Å². The quantitative estimate of drug-likeness (QED) is 0.866. The van der Waals surface area contributed by atoms with Gasteiger partial charge in [-0.2, -0.15) is 4.98 Å². The monoisotopic (exact) mass is 344 g/mol. The van der Waals surface area contributed by atoms with Crippen LogP contribution in [0, 0.1) is 12.8 Å². The van der Waals surface area contributed by atoms with Gasteiger partial charge in [0.25, 0.3) is 0 Å². The number of amides is 1. The molecule has 0 spiro atoms. The maximum atomic E-state index is 12.3. The first-order valence-corrected chi connectivity index (χ1v) is 8.58. The molecule has 1 atom stereocenters. The third-order valence-corrected chi connectivity index (χ3v) is 4.36. The molecule has 3 rings (SSSR count). The smallest absolute Gasteiger partial charge is 0.238 e. The van der Waals surface area contributed by atoms with Crippen LogP contribution >= 0.6 is 0 Å². The predicted octanol–water partition coefficient (Wildman–Crippen LogP) is 2.28. The van der Waals surface area contributed by atoms with Gasteiger partial charge in [-0.3, -0.25) is 9.69 Å². The van der Waals surface area contributed by atoms with E-state index in [9.17, 15) is 4.79 Å². The lowest BCUT2D eigenvalue weighted by atomic mass is 9.94. The lowest BCUT2D eigenvalue weighted by Crippen LogP contribution is -2.41. The second-order valence-electron chi connectivity index (χ2n) is 6.46. The normalized spacial score (nSPS) is 18.1. The Morgan fingerprint density at radius 1 is 1.48 bits per heavy atom. The van der Waals surface area contributed by atoms with Crippen LogP contribution in [0.15, 0.2) is 28.8 Å². The lowest BCUT2D eigenvalue weighted by Gasteiger charge is -2.31. The summed E-state index contributed by atoms with van der Waals surface area (Å²) >= 11 is 0. The van der Waals surface area contributed by atoms with E-state index in [1.165, 1.54) is 0 Å². The van der Waals surface area contributed by atoms with Crippen molar-refractivity contribution in [2.24, 2.45) is 5.92 Å². The molecule has 1 amide bonds. The fraction of sp³-hybridized carbons (Fsp3) is 0.500. The number of carbonyl (C=O) groups excluding carboxylic acids is 1. The number of nitrogens with zero attached hydrogens (tertiary/aromatic N) is 3. The molecule has 1 aliphatic rings. The third-order valence-electron chi connectivity index (χ3n) is 4.36. The fourth-order valence-electron chi connectivity index (χ4n) is 3.25. The molecular formula is C18H24N4O3. The topological polar surface area (TPSA) is 80.5 Å². The van der Waals surface area contributed by atoms with Gasteiger partial charge < -0.3 is 14.6 Å². The van der Waals surface area contributed by atoms with E-state index >= 15 is 0 Å². The highest BCUT2D eigenvalue weighted by atomic mass is 16.5. The minimum Gasteiger partial charge on any atom is -0.497 e. The first-order chi connectivity index (χ1) is 12.1. The van der Waals surface area contributed by atoms with E-state index in [1.54, 1.807) is 14.0 Å². The Balaban J connectivity index is 1.50. The van der Waals surface area contributed by atoms with Gasteiger partial charge in [0.2, 0.25) is 11.8 Å². The highest BCUT2D eigenvalue weighted by molar-refractivity contribution is 5.92. The van der Waals surface area contributed by atoms with E-state index in [0.717, 1.165) is 49.6 Å². The van der Waals surface area contributed by atoms with Crippen molar-refractivity contribution in [2.75, 3.05) is 32.1 Å². The first-order valence-electron chi connectivity index (χ1n) is 8.58. The molecule has 1 fully saturated rings. The summed E-state index contributed by atoms with van der Waals surface area (Å²) in [5.74, 6) is 2.52. The van der Waals surface area contributed by atoms with Crippen molar-refractivity contribution in [1.82, 2.24) is 15.0 Å². The van der Waals surface area contributed by atoms with Gasteiger partial charge in [-0.15, -0.1) is 0 Å². The van der Waals surface area contributed by atoms with Gasteiger partial charge in [0.1, 0.15) is 5.75 Å². The predicted molar refractivity (Wildman–Crippen MR) is 93.5 cm³/mol. The number of aryl methyl sites for hydroxylation is 1. The summed E-state index contributed by atoms with van der Waals surface area (Å²) in [6.45, 7) is 4.00. The minimum atomic E-state index is -0.00990. The number of anilines is 1. The van der Waals surface area contributed by atoms with Crippen LogP contribution in [-0.4, -0.2) is 47.7 Å². The Kier molecular flexibility index (Phi) is 5.65. The van der Waals surface area contributed by atoms with Gasteiger partial charge in [-0.25, -0.2) is 0 Å². The largest absolute Gasteiger partial charge is 0.497 e. The summed E-state index contributed by atoms with van der Waals surface area (Å²) in [4.78, 5) is 18.8. The zero-order valence-corrected chi connectivity index (χ0v) is 14.7. The number of likely N-dealkylation sites (tertiary alicyclic amines) is 1. The molecular weight excluding hydrogens is 320 g/mol. The van der Waals surface area contributed by atoms with Gasteiger partial charge in [0.15, 0.2) is 5.82 Å². The van der Waals surface area contributed by atoms with E-state index < -0.39 is 0 Å². The fourth-order valence-corrected chi connectivity index (χ4v) is 3.25. The molecule has 1 saturated heterocycles. The Bertz CT molecular complexity index is 716. The molecule has 2 aromatic rings. The van der Waals surface area contributed by atoms with E-state index in [4.69, 9.17) is 9.26 Å². The molecule has 2 heterocycles. The standard InChI is InChI=1S/C18H24N4O3/c1-13-19-17(21-25-13)9-14-5-4-8-22(11-14)12-18(23)20-15-6-3-7-16(10-15)24-2/h3,6-7,10,14H,4-5,8-9,11-12H2,1-2H3,(H,20,23). The second kappa shape index (κ2) is 8.11. The van der Waals surface area contributed by atoms with Crippen molar-refractivity contribution in [1.29, 1.82) is 0 Å². The molecule has 0 bridgehead atoms. The summed E-state index contributed by atoms with van der Waals surface area (Å²) in [7, 11) is 1.61. The SMILES string of the molecule is COc1cccc(NC(=O)CN2CCCC(Cc3noc(C)n3)C2)c1. The summed E-state index contributed by atoms with van der Waals surface area (Å²) in [6, 6.07) is 7.39. The number of hydrogen-bond acceptors (Lipinski definition) is 6. The Morgan fingerprint density at radius 2 is 2.36 bits per heavy atom. The van der Waals surface area contributed by atoms with Gasteiger partial charge >= 0.3 is 0 Å². The number of methoxy groups -OCH3 is 1. The molecule has 7 nitrogen and oxygen atoms in total. The van der Waals surface area contributed by atoms with Crippen molar-refractivity contribution < 1.29 is 14.1 Å². The molecule has 0 radical (unpaired) electrons. The maximum absolute atomic E-state index is 12.3. The highest BCUT2D eigenvalue weighted by Gasteiger charge is 2.23. The Morgan fingerprint density at radius 3 is 3.12 bits per heavy atom. The van der Waals surface area contributed by atoms with Crippen molar-refractivity contribution in [3.63, 3.8) is 0 Å². The zero-order chi connectivity index (χ0) is 17.6. The van der Waals surface area contributed by atoms with Crippen LogP contribution in [0.5, 0.6) is 5.75 Å². The van der Waals surface area contributed by atoms with E-state index in [2.05, 4.69) is 20.4 Å². The molecule has 134 valence electrons. The molecule has 0 saturated carbocycles. The van der Waals surface area contributed by atoms with Gasteiger partial charge in [0.05, 0.1) is 13.7 Å². The molecule has 1 aromatic heterocycles. The van der Waals surface area contributed by atoms with Gasteiger partial charge in [0, 0.05) is 31.6 Å². The molecule has 25 heavy (non-hydrogen) atoms. The van der Waals surface area contributed by atoms with Crippen molar-refractivity contribution in [2.45, 2.75) is 26.2 Å². The van der Waals surface area contributed by atoms with E-state index in [0.29, 0.717) is 18.4 Å². The van der Waals surface area contributed by atoms with Crippen molar-refractivity contribution >= 4 is 11.6 Å². The van der Waals surface area contributed by atoms with Crippen LogP contribution in [0.3, 0.4) is 0 Å². The average Bonchev–Trinajstić information content (AvgIpc) is 3.00. The first kappa shape index (κ1) is 17.4. The number of benzene rings is 1. The number of piperidine rings is 1. The Labute approximate surface area is 147 Å². The number of hydrogen-bond donors (Lipinski definition) is 1. The van der Waals surface area contributed by atoms with Crippen LogP contribution in [0.1, 0.15) is 24.6 Å². The minimum absolute atomic E-state index is 0.00990. The van der Waals surface area contributed by atoms with Crippen molar-refractivity contribution in [3.05, 3.63) is 36.0 Å². The molecule has 1 N–H and O–H groups in total. The third kappa shape index (κ3) is 5.03. The highest BCUT2D eigenvalue weighted by Crippen LogP contribution is 2.20. The number of nitrogens with one attached hydrogen (secondary N) is 1. The molecule has 1 aliphatic heterocycles. The van der Waals surface area contributed by atoms with Gasteiger partial charge in [-0.05, 0) is 37.4 Å². The van der Waals surface area contributed by atoms with E-state index in [-0.39, 0.29) is 5.91 Å². The number of aromatic nitrogens is 2. The summed E-state index contributed by atoms with van der Waals surface area (Å²) in [5, 5.41) is 6.90. The van der Waals surface area contributed by atoms with Crippen molar-refractivity contribution in [3.8, 4) is 5.75 Å². The average molecular weight is 344 g/mol. The molecule has 7 heteroatoms. The van der Waals surface area contributed by atoms with Crippen LogP contribution in [-0.2, 0) is 11.2 Å². The Hall–Kier alpha value is -2.41. The number of rotatable bonds is 6. The molecule has 0 aliphatic carbocycles. The van der Waals surface area contributed by atoms with Gasteiger partial charge in [-0.1, -0.05) is 11.2 Å². The van der Waals surface area contributed by atoms with Crippen LogP contribution in [0.25, 0.3) is 0 Å². The number of carbonyl (C=O) groups is 1. The lowest BCUT2D eigenvalue weighted by molar-refractivity contribution is -0.117. The summed E-state index contributed by atoms with van der Waals surface area (Å²) < 4.78 is 10.2. The molecule has 1 unspecified atom stereocenters. The second-order valence-corrected chi connectivity index (χ2v) is 6.46. The van der Waals surface area contributed by atoms with Crippen LogP contribution < -0.4 is 10.1 Å². The van der Waals surface area contributed by atoms with Crippen LogP contribution in [0.4, 0.5) is 5.69 Å². The summed E-state index contributed by atoms with van der Waals surface area (Å²) in [6.07, 6.45) is 3.00. The number of ether oxygens (including phenoxy) is 1. The summed E-state index contributed by atoms with van der Waals surface area (Å²) in [5.41, 5.74) is 0.750. The zero-order valence-electron chi connectivity index (χ0n) is 14.7. The molecule has 1 aromatic carbocycles.